The van der Waals surface area contributed by atoms with Crippen LogP contribution in [0.15, 0.2) is 48.5 Å². The first kappa shape index (κ1) is 23.2. The van der Waals surface area contributed by atoms with E-state index in [0.717, 1.165) is 27.2 Å². The van der Waals surface area contributed by atoms with E-state index in [1.54, 1.807) is 0 Å². The van der Waals surface area contributed by atoms with Crippen molar-refractivity contribution in [1.82, 2.24) is 10.2 Å². The maximum atomic E-state index is 13.7. The molecule has 2 amide bonds. The average Bonchev–Trinajstić information content (AvgIpc) is 3.45. The van der Waals surface area contributed by atoms with Crippen LogP contribution in [0.3, 0.4) is 0 Å². The Morgan fingerprint density at radius 1 is 1.06 bits per heavy atom. The first-order valence-electron chi connectivity index (χ1n) is 11.3. The lowest BCUT2D eigenvalue weighted by atomic mass is 9.73. The zero-order valence-corrected chi connectivity index (χ0v) is 18.5. The number of carboxylic acid groups (broad SMARTS) is 1. The Hall–Kier alpha value is -3.56. The quantitative estimate of drug-likeness (QED) is 0.645. The van der Waals surface area contributed by atoms with Crippen molar-refractivity contribution >= 4 is 18.0 Å². The van der Waals surface area contributed by atoms with Gasteiger partial charge < -0.3 is 20.1 Å². The van der Waals surface area contributed by atoms with E-state index in [9.17, 15) is 32.7 Å². The van der Waals surface area contributed by atoms with Crippen molar-refractivity contribution in [2.24, 2.45) is 11.8 Å². The van der Waals surface area contributed by atoms with Crippen LogP contribution >= 0.6 is 0 Å². The maximum absolute atomic E-state index is 13.7. The van der Waals surface area contributed by atoms with Crippen LogP contribution in [0.2, 0.25) is 0 Å². The van der Waals surface area contributed by atoms with E-state index in [1.807, 2.05) is 48.5 Å². The minimum atomic E-state index is -4.96. The molecule has 3 fully saturated rings. The van der Waals surface area contributed by atoms with Crippen LogP contribution in [-0.4, -0.2) is 59.4 Å². The number of carbonyl (C=O) groups is 3. The topological polar surface area (TPSA) is 95.9 Å². The lowest BCUT2D eigenvalue weighted by Gasteiger charge is -2.39. The molecule has 2 saturated heterocycles. The van der Waals surface area contributed by atoms with Gasteiger partial charge in [-0.15, -0.1) is 0 Å². The highest BCUT2D eigenvalue weighted by molar-refractivity contribution is 5.91. The summed E-state index contributed by atoms with van der Waals surface area (Å²) in [6.07, 6.45) is -5.73. The maximum Gasteiger partial charge on any atom is 0.407 e. The van der Waals surface area contributed by atoms with Crippen LogP contribution in [0.25, 0.3) is 11.1 Å². The number of alkyl carbamates (subject to hydrolysis) is 1. The number of aliphatic carboxylic acids is 1. The molecule has 2 aromatic carbocycles. The molecule has 1 saturated carbocycles. The van der Waals surface area contributed by atoms with Crippen LogP contribution in [0, 0.1) is 11.8 Å². The number of alkyl halides is 3. The van der Waals surface area contributed by atoms with Crippen molar-refractivity contribution in [3.05, 3.63) is 59.7 Å². The molecule has 4 aliphatic rings. The molecule has 6 rings (SSSR count). The van der Waals surface area contributed by atoms with E-state index in [0.29, 0.717) is 0 Å². The van der Waals surface area contributed by atoms with Gasteiger partial charge in [-0.05, 0) is 41.0 Å². The second kappa shape index (κ2) is 8.28. The number of benzene rings is 2. The van der Waals surface area contributed by atoms with Gasteiger partial charge in [0.25, 0.3) is 0 Å². The SMILES string of the molecule is O=C(NCC(C(=O)N1CC2CC1(C(=O)O)C2)C(F)(F)F)OCC1c2ccccc2-c2ccccc21. The molecule has 0 radical (unpaired) electrons. The van der Waals surface area contributed by atoms with Gasteiger partial charge >= 0.3 is 18.2 Å². The van der Waals surface area contributed by atoms with Gasteiger partial charge in [-0.3, -0.25) is 4.79 Å². The zero-order chi connectivity index (χ0) is 25.0. The summed E-state index contributed by atoms with van der Waals surface area (Å²) in [5.74, 6) is -5.57. The Bertz CT molecular complexity index is 1150. The van der Waals surface area contributed by atoms with Crippen LogP contribution in [-0.2, 0) is 14.3 Å². The van der Waals surface area contributed by atoms with Crippen molar-refractivity contribution in [1.29, 1.82) is 0 Å². The average molecular weight is 488 g/mol. The van der Waals surface area contributed by atoms with E-state index in [-0.39, 0.29) is 37.8 Å². The first-order valence-corrected chi connectivity index (χ1v) is 11.3. The summed E-state index contributed by atoms with van der Waals surface area (Å²) in [6.45, 7) is -1.14. The third kappa shape index (κ3) is 3.81. The number of amides is 2. The minimum Gasteiger partial charge on any atom is -0.479 e. The number of carboxylic acids is 1. The summed E-state index contributed by atoms with van der Waals surface area (Å²) in [7, 11) is 0. The first-order chi connectivity index (χ1) is 16.6. The molecule has 35 heavy (non-hydrogen) atoms. The van der Waals surface area contributed by atoms with Gasteiger partial charge in [0.15, 0.2) is 5.92 Å². The fraction of sp³-hybridized carbons (Fsp3) is 0.400. The van der Waals surface area contributed by atoms with E-state index >= 15 is 0 Å². The van der Waals surface area contributed by atoms with E-state index in [4.69, 9.17) is 4.74 Å². The molecule has 2 aliphatic heterocycles. The normalized spacial score (nSPS) is 23.2. The lowest BCUT2D eigenvalue weighted by Crippen LogP contribution is -2.58. The number of carbonyl (C=O) groups excluding carboxylic acids is 2. The molecular weight excluding hydrogens is 465 g/mol. The number of ether oxygens (including phenoxy) is 1. The molecule has 184 valence electrons. The third-order valence-corrected chi connectivity index (χ3v) is 7.36. The monoisotopic (exact) mass is 488 g/mol. The van der Waals surface area contributed by atoms with Crippen molar-refractivity contribution in [3.63, 3.8) is 0 Å². The molecule has 2 N–H and O–H groups in total. The summed E-state index contributed by atoms with van der Waals surface area (Å²) in [5.41, 5.74) is 2.36. The lowest BCUT2D eigenvalue weighted by molar-refractivity contribution is -0.192. The zero-order valence-electron chi connectivity index (χ0n) is 18.5. The Labute approximate surface area is 198 Å². The molecule has 1 unspecified atom stereocenters. The van der Waals surface area contributed by atoms with Crippen molar-refractivity contribution in [2.45, 2.75) is 30.5 Å². The molecule has 7 nitrogen and oxygen atoms in total. The van der Waals surface area contributed by atoms with Gasteiger partial charge in [0.2, 0.25) is 5.91 Å². The van der Waals surface area contributed by atoms with Gasteiger partial charge in [-0.25, -0.2) is 9.59 Å². The minimum absolute atomic E-state index is 0.0251. The highest BCUT2D eigenvalue weighted by atomic mass is 19.4. The number of rotatable bonds is 6. The number of fused-ring (bicyclic) bond motifs is 4. The third-order valence-electron chi connectivity index (χ3n) is 7.36. The molecule has 0 aromatic heterocycles. The van der Waals surface area contributed by atoms with Crippen molar-refractivity contribution in [3.8, 4) is 11.1 Å². The smallest absolute Gasteiger partial charge is 0.407 e. The molecule has 10 heteroatoms. The standard InChI is InChI=1S/C25H23F3N2O5/c26-25(27,28)20(21(31)30-12-14-9-24(30,10-14)22(32)33)11-29-23(34)35-13-19-17-7-3-1-5-15(17)16-6-2-4-8-18(16)19/h1-8,14,19-20H,9-13H2,(H,29,34)(H,32,33). The Morgan fingerprint density at radius 2 is 1.63 bits per heavy atom. The fourth-order valence-electron chi connectivity index (χ4n) is 5.63. The van der Waals surface area contributed by atoms with E-state index in [1.165, 1.54) is 0 Å². The molecule has 0 spiro atoms. The second-order valence-corrected chi connectivity index (χ2v) is 9.36. The summed E-state index contributed by atoms with van der Waals surface area (Å²) < 4.78 is 46.4. The van der Waals surface area contributed by atoms with E-state index < -0.39 is 42.1 Å². The van der Waals surface area contributed by atoms with Gasteiger partial charge in [0, 0.05) is 19.0 Å². The van der Waals surface area contributed by atoms with Crippen LogP contribution in [0.1, 0.15) is 29.9 Å². The van der Waals surface area contributed by atoms with Gasteiger partial charge in [0.1, 0.15) is 12.1 Å². The Balaban J connectivity index is 1.24. The summed E-state index contributed by atoms with van der Waals surface area (Å²) in [6, 6.07) is 15.3. The number of nitrogens with one attached hydrogen (secondary N) is 1. The van der Waals surface area contributed by atoms with Gasteiger partial charge in [0.05, 0.1) is 0 Å². The number of hydrogen-bond acceptors (Lipinski definition) is 4. The van der Waals surface area contributed by atoms with Crippen LogP contribution < -0.4 is 5.32 Å². The highest BCUT2D eigenvalue weighted by Gasteiger charge is 2.64. The number of nitrogens with zero attached hydrogens (tertiary/aromatic N) is 1. The van der Waals surface area contributed by atoms with E-state index in [2.05, 4.69) is 5.32 Å². The predicted molar refractivity (Wildman–Crippen MR) is 117 cm³/mol. The van der Waals surface area contributed by atoms with Crippen LogP contribution in [0.4, 0.5) is 18.0 Å². The van der Waals surface area contributed by atoms with Crippen molar-refractivity contribution < 1.29 is 37.4 Å². The Kier molecular flexibility index (Phi) is 5.49. The number of hydrogen-bond donors (Lipinski definition) is 2. The van der Waals surface area contributed by atoms with Crippen LogP contribution in [0.5, 0.6) is 0 Å². The summed E-state index contributed by atoms with van der Waals surface area (Å²) in [5, 5.41) is 11.5. The molecule has 2 heterocycles. The van der Waals surface area contributed by atoms with Crippen molar-refractivity contribution in [2.75, 3.05) is 19.7 Å². The highest BCUT2D eigenvalue weighted by Crippen LogP contribution is 2.51. The fourth-order valence-corrected chi connectivity index (χ4v) is 5.63. The second-order valence-electron chi connectivity index (χ2n) is 9.36. The molecule has 2 aromatic rings. The molecule has 1 atom stereocenters. The molecule has 2 bridgehead atoms. The van der Waals surface area contributed by atoms with Gasteiger partial charge in [-0.2, -0.15) is 13.2 Å². The summed E-state index contributed by atoms with van der Waals surface area (Å²) >= 11 is 0. The molecular formula is C25H23F3N2O5. The summed E-state index contributed by atoms with van der Waals surface area (Å²) in [4.78, 5) is 37.5. The largest absolute Gasteiger partial charge is 0.479 e. The Morgan fingerprint density at radius 3 is 2.17 bits per heavy atom. The van der Waals surface area contributed by atoms with Gasteiger partial charge in [-0.1, -0.05) is 48.5 Å². The predicted octanol–water partition coefficient (Wildman–Crippen LogP) is 3.78. The number of halogens is 3. The molecule has 2 aliphatic carbocycles.